The summed E-state index contributed by atoms with van der Waals surface area (Å²) >= 11 is 0. The molecule has 312 valence electrons. The number of amides is 7. The Balaban J connectivity index is 5.71. The zero-order valence-corrected chi connectivity index (χ0v) is 36.0. The van der Waals surface area contributed by atoms with Gasteiger partial charge in [-0.1, -0.05) is 5.11 Å². The Kier molecular flexibility index (Phi) is 15.0. The molecule has 55 heavy (non-hydrogen) atoms. The van der Waals surface area contributed by atoms with Crippen molar-refractivity contribution in [1.82, 2.24) is 37.2 Å². The van der Waals surface area contributed by atoms with Crippen molar-refractivity contribution in [2.75, 3.05) is 0 Å². The number of carbonyl (C=O) groups excluding carboxylic acids is 8. The Bertz CT molecular complexity index is 1610. The van der Waals surface area contributed by atoms with Gasteiger partial charge in [-0.05, 0) is 137 Å². The van der Waals surface area contributed by atoms with Crippen molar-refractivity contribution in [2.45, 2.75) is 181 Å². The van der Waals surface area contributed by atoms with Gasteiger partial charge in [0.05, 0.1) is 0 Å². The molecule has 0 rings (SSSR count). The number of azide groups is 1. The van der Waals surface area contributed by atoms with Crippen molar-refractivity contribution in [3.63, 3.8) is 0 Å². The van der Waals surface area contributed by atoms with E-state index in [1.807, 2.05) is 0 Å². The lowest BCUT2D eigenvalue weighted by Crippen LogP contribution is -2.69. The summed E-state index contributed by atoms with van der Waals surface area (Å²) in [6.07, 6.45) is 0. The summed E-state index contributed by atoms with van der Waals surface area (Å²) in [4.78, 5) is 108. The molecule has 0 spiro atoms. The summed E-state index contributed by atoms with van der Waals surface area (Å²) in [5.74, 6) is -5.95. The zero-order chi connectivity index (χ0) is 44.2. The molecular formula is C36H64N10O9. The minimum absolute atomic E-state index is 0.679. The number of ether oxygens (including phenoxy) is 1. The van der Waals surface area contributed by atoms with E-state index >= 15 is 0 Å². The van der Waals surface area contributed by atoms with Gasteiger partial charge < -0.3 is 42.0 Å². The Hall–Kier alpha value is -4.93. The van der Waals surface area contributed by atoms with E-state index in [-0.39, 0.29) is 0 Å². The van der Waals surface area contributed by atoms with Crippen LogP contribution in [0.2, 0.25) is 0 Å². The quantitative estimate of drug-likeness (QED) is 0.0519. The van der Waals surface area contributed by atoms with Gasteiger partial charge in [0.25, 0.3) is 0 Å². The van der Waals surface area contributed by atoms with Gasteiger partial charge in [-0.2, -0.15) is 0 Å². The molecule has 0 aromatic heterocycles. The molecule has 0 bridgehead atoms. The molecule has 0 saturated carbocycles. The van der Waals surface area contributed by atoms with Gasteiger partial charge >= 0.3 is 5.97 Å². The van der Waals surface area contributed by atoms with Crippen molar-refractivity contribution in [2.24, 2.45) is 5.11 Å². The third-order valence-electron chi connectivity index (χ3n) is 8.15. The molecule has 19 heteroatoms. The van der Waals surface area contributed by atoms with Crippen LogP contribution in [0.1, 0.15) is 132 Å². The molecule has 0 aromatic carbocycles. The van der Waals surface area contributed by atoms with E-state index < -0.39 is 97.2 Å². The normalized spacial score (nSPS) is 13.2. The van der Waals surface area contributed by atoms with Crippen LogP contribution in [0.4, 0.5) is 0 Å². The first-order valence-electron chi connectivity index (χ1n) is 17.7. The largest absolute Gasteiger partial charge is 0.458 e. The van der Waals surface area contributed by atoms with Crippen LogP contribution < -0.4 is 37.2 Å². The maximum Gasteiger partial charge on any atom is 0.331 e. The minimum atomic E-state index is -1.64. The molecule has 0 unspecified atom stereocenters. The van der Waals surface area contributed by atoms with E-state index in [9.17, 15) is 38.4 Å². The van der Waals surface area contributed by atoms with Crippen LogP contribution in [0.15, 0.2) is 5.11 Å². The third-order valence-corrected chi connectivity index (χ3v) is 8.15. The van der Waals surface area contributed by atoms with Crippen LogP contribution in [0.5, 0.6) is 0 Å². The fourth-order valence-corrected chi connectivity index (χ4v) is 4.03. The summed E-state index contributed by atoms with van der Waals surface area (Å²) < 4.78 is 5.38. The van der Waals surface area contributed by atoms with E-state index in [1.54, 1.807) is 20.8 Å². The summed E-state index contributed by atoms with van der Waals surface area (Å²) in [5.41, 5.74) is -4.60. The lowest BCUT2D eigenvalue weighted by Gasteiger charge is -2.37. The first kappa shape index (κ1) is 50.1. The van der Waals surface area contributed by atoms with Crippen molar-refractivity contribution in [3.05, 3.63) is 10.4 Å². The lowest BCUT2D eigenvalue weighted by atomic mass is 9.93. The molecule has 19 nitrogen and oxygen atoms in total. The lowest BCUT2D eigenvalue weighted by molar-refractivity contribution is -0.163. The number of esters is 1. The van der Waals surface area contributed by atoms with Crippen LogP contribution in [0.3, 0.4) is 0 Å². The first-order chi connectivity index (χ1) is 24.1. The highest BCUT2D eigenvalue weighted by atomic mass is 16.6. The number of hydrogen-bond donors (Lipinski definition) is 7. The first-order valence-corrected chi connectivity index (χ1v) is 17.7. The van der Waals surface area contributed by atoms with Gasteiger partial charge in [0.2, 0.25) is 41.4 Å². The molecule has 0 radical (unpaired) electrons. The average Bonchev–Trinajstić information content (AvgIpc) is 2.94. The second-order valence-corrected chi connectivity index (χ2v) is 18.8. The topological polar surface area (TPSA) is 279 Å². The smallest absolute Gasteiger partial charge is 0.331 e. The molecule has 0 aromatic rings. The zero-order valence-electron chi connectivity index (χ0n) is 36.0. The predicted octanol–water partition coefficient (Wildman–Crippen LogP) is 1.68. The van der Waals surface area contributed by atoms with Gasteiger partial charge in [-0.25, -0.2) is 4.79 Å². The SMILES string of the molecule is CC(C)(C)OC(=O)C(C)(C)NC(=O)C(C)(C)NC(=O)C(C)(C)NC(=O)C(C)(C)NC(=O)C(C)(C)NC(=O)C(C)(C)NC(=O)C(C)(C)NC(=O)C(C)(C)N=[N+]=[N-]. The van der Waals surface area contributed by atoms with Crippen LogP contribution >= 0.6 is 0 Å². The molecule has 0 aliphatic rings. The Labute approximate surface area is 324 Å². The molecule has 0 atom stereocenters. The number of rotatable bonds is 16. The van der Waals surface area contributed by atoms with Gasteiger partial charge in [-0.3, -0.25) is 33.6 Å². The average molecular weight is 781 g/mol. The molecule has 7 amide bonds. The van der Waals surface area contributed by atoms with E-state index in [0.29, 0.717) is 0 Å². The fourth-order valence-electron chi connectivity index (χ4n) is 4.03. The summed E-state index contributed by atoms with van der Waals surface area (Å²) in [7, 11) is 0. The fraction of sp³-hybridized carbons (Fsp3) is 0.778. The highest BCUT2D eigenvalue weighted by Crippen LogP contribution is 2.19. The van der Waals surface area contributed by atoms with E-state index in [0.717, 1.165) is 0 Å². The number of nitrogens with one attached hydrogen (secondary N) is 7. The molecular weight excluding hydrogens is 716 g/mol. The molecule has 0 aliphatic heterocycles. The predicted molar refractivity (Wildman–Crippen MR) is 205 cm³/mol. The standard InChI is InChI=1S/C36H64N10O9/c1-28(2,3)55-27(54)36(18,19)44-25(52)34(14,15)42-23(50)32(10,11)40-21(48)30(6,7)38-20(47)29(4,5)39-22(49)31(8,9)41-24(51)33(12,13)43-26(53)35(16,17)45-46-37/h1-19H3,(H,38,47)(H,39,49)(H,40,48)(H,41,51)(H,42,50)(H,43,53)(H,44,52). The third kappa shape index (κ3) is 14.3. The second-order valence-electron chi connectivity index (χ2n) is 18.8. The summed E-state index contributed by atoms with van der Waals surface area (Å²) in [5, 5.41) is 21.4. The van der Waals surface area contributed by atoms with Gasteiger partial charge in [0.15, 0.2) is 0 Å². The van der Waals surface area contributed by atoms with Crippen molar-refractivity contribution >= 4 is 47.3 Å². The molecule has 0 saturated heterocycles. The molecule has 7 N–H and O–H groups in total. The van der Waals surface area contributed by atoms with Gasteiger partial charge in [0.1, 0.15) is 49.9 Å². The maximum absolute atomic E-state index is 13.5. The van der Waals surface area contributed by atoms with Crippen LogP contribution in [0, 0.1) is 0 Å². The van der Waals surface area contributed by atoms with Crippen LogP contribution in [-0.4, -0.2) is 97.2 Å². The number of carbonyl (C=O) groups is 8. The monoisotopic (exact) mass is 780 g/mol. The number of nitrogens with zero attached hydrogens (tertiary/aromatic N) is 3. The van der Waals surface area contributed by atoms with Gasteiger partial charge in [0, 0.05) is 4.91 Å². The van der Waals surface area contributed by atoms with Crippen LogP contribution in [-0.2, 0) is 43.1 Å². The second kappa shape index (κ2) is 16.4. The Morgan fingerprint density at radius 2 is 0.582 bits per heavy atom. The van der Waals surface area contributed by atoms with E-state index in [4.69, 9.17) is 10.3 Å². The van der Waals surface area contributed by atoms with E-state index in [2.05, 4.69) is 47.2 Å². The van der Waals surface area contributed by atoms with E-state index in [1.165, 1.54) is 111 Å². The molecule has 0 aliphatic carbocycles. The minimum Gasteiger partial charge on any atom is -0.458 e. The van der Waals surface area contributed by atoms with Crippen LogP contribution in [0.25, 0.3) is 10.4 Å². The summed E-state index contributed by atoms with van der Waals surface area (Å²) in [6, 6.07) is 0. The summed E-state index contributed by atoms with van der Waals surface area (Å²) in [6.45, 7) is 27.4. The highest BCUT2D eigenvalue weighted by Gasteiger charge is 2.45. The van der Waals surface area contributed by atoms with Gasteiger partial charge in [-0.15, -0.1) is 0 Å². The highest BCUT2D eigenvalue weighted by molar-refractivity contribution is 6.02. The van der Waals surface area contributed by atoms with Crippen molar-refractivity contribution in [1.29, 1.82) is 0 Å². The maximum atomic E-state index is 13.5. The molecule has 0 heterocycles. The number of hydrogen-bond acceptors (Lipinski definition) is 10. The Morgan fingerprint density at radius 1 is 0.382 bits per heavy atom. The Morgan fingerprint density at radius 3 is 0.782 bits per heavy atom. The van der Waals surface area contributed by atoms with Crippen molar-refractivity contribution in [3.8, 4) is 0 Å². The molecule has 0 fully saturated rings. The van der Waals surface area contributed by atoms with Crippen molar-refractivity contribution < 1.29 is 43.1 Å².